The van der Waals surface area contributed by atoms with Crippen LogP contribution in [-0.4, -0.2) is 31.7 Å². The predicted octanol–water partition coefficient (Wildman–Crippen LogP) is 2.27. The minimum Gasteiger partial charge on any atom is -0.398 e. The quantitative estimate of drug-likeness (QED) is 0.835. The standard InChI is InChI=1S/C14H21FN2O/c1-17(9-11-4-6-18-7-5-11)10-12-8-13(15)2-3-14(12)16/h2-3,8,11H,4-7,9-10,16H2,1H3. The van der Waals surface area contributed by atoms with E-state index in [1.807, 2.05) is 0 Å². The van der Waals surface area contributed by atoms with Crippen LogP contribution in [-0.2, 0) is 11.3 Å². The third-order valence-electron chi connectivity index (χ3n) is 3.46. The number of hydrogen-bond donors (Lipinski definition) is 1. The van der Waals surface area contributed by atoms with E-state index in [0.29, 0.717) is 18.2 Å². The van der Waals surface area contributed by atoms with Gasteiger partial charge in [-0.3, -0.25) is 0 Å². The van der Waals surface area contributed by atoms with Crippen molar-refractivity contribution in [1.82, 2.24) is 4.90 Å². The fourth-order valence-electron chi connectivity index (χ4n) is 2.44. The Kier molecular flexibility index (Phi) is 4.55. The maximum Gasteiger partial charge on any atom is 0.123 e. The van der Waals surface area contributed by atoms with E-state index in [1.165, 1.54) is 12.1 Å². The Labute approximate surface area is 108 Å². The highest BCUT2D eigenvalue weighted by Gasteiger charge is 2.16. The second-order valence-corrected chi connectivity index (χ2v) is 5.10. The number of rotatable bonds is 4. The third-order valence-corrected chi connectivity index (χ3v) is 3.46. The average Bonchev–Trinajstić information content (AvgIpc) is 2.35. The van der Waals surface area contributed by atoms with E-state index in [-0.39, 0.29) is 5.82 Å². The molecule has 0 radical (unpaired) electrons. The molecule has 0 bridgehead atoms. The Morgan fingerprint density at radius 2 is 2.11 bits per heavy atom. The smallest absolute Gasteiger partial charge is 0.123 e. The highest BCUT2D eigenvalue weighted by atomic mass is 19.1. The zero-order valence-electron chi connectivity index (χ0n) is 10.9. The first-order valence-corrected chi connectivity index (χ1v) is 6.45. The first-order valence-electron chi connectivity index (χ1n) is 6.45. The molecule has 0 saturated carbocycles. The summed E-state index contributed by atoms with van der Waals surface area (Å²) in [6.45, 7) is 3.43. The predicted molar refractivity (Wildman–Crippen MR) is 70.7 cm³/mol. The van der Waals surface area contributed by atoms with Crippen LogP contribution >= 0.6 is 0 Å². The second kappa shape index (κ2) is 6.16. The van der Waals surface area contributed by atoms with E-state index in [9.17, 15) is 4.39 Å². The second-order valence-electron chi connectivity index (χ2n) is 5.10. The summed E-state index contributed by atoms with van der Waals surface area (Å²) in [6.07, 6.45) is 2.23. The lowest BCUT2D eigenvalue weighted by Gasteiger charge is -2.27. The number of halogens is 1. The fraction of sp³-hybridized carbons (Fsp3) is 0.571. The Morgan fingerprint density at radius 1 is 1.39 bits per heavy atom. The molecule has 0 aromatic heterocycles. The lowest BCUT2D eigenvalue weighted by Crippen LogP contribution is -2.29. The van der Waals surface area contributed by atoms with Gasteiger partial charge in [-0.2, -0.15) is 0 Å². The molecule has 0 aliphatic carbocycles. The van der Waals surface area contributed by atoms with Crippen molar-refractivity contribution in [2.45, 2.75) is 19.4 Å². The number of anilines is 1. The van der Waals surface area contributed by atoms with Crippen LogP contribution in [0.25, 0.3) is 0 Å². The van der Waals surface area contributed by atoms with Gasteiger partial charge in [0.1, 0.15) is 5.82 Å². The lowest BCUT2D eigenvalue weighted by molar-refractivity contribution is 0.0550. The normalized spacial score (nSPS) is 17.3. The van der Waals surface area contributed by atoms with Crippen LogP contribution in [0.4, 0.5) is 10.1 Å². The van der Waals surface area contributed by atoms with Crippen molar-refractivity contribution in [3.05, 3.63) is 29.6 Å². The van der Waals surface area contributed by atoms with Crippen LogP contribution in [0.2, 0.25) is 0 Å². The molecule has 1 heterocycles. The molecule has 100 valence electrons. The molecule has 0 amide bonds. The van der Waals surface area contributed by atoms with Gasteiger partial charge in [0.25, 0.3) is 0 Å². The van der Waals surface area contributed by atoms with E-state index < -0.39 is 0 Å². The first kappa shape index (κ1) is 13.3. The summed E-state index contributed by atoms with van der Waals surface area (Å²) in [5.41, 5.74) is 7.39. The highest BCUT2D eigenvalue weighted by Crippen LogP contribution is 2.19. The van der Waals surface area contributed by atoms with Gasteiger partial charge in [-0.15, -0.1) is 0 Å². The van der Waals surface area contributed by atoms with Crippen molar-refractivity contribution in [1.29, 1.82) is 0 Å². The van der Waals surface area contributed by atoms with Crippen molar-refractivity contribution in [2.24, 2.45) is 5.92 Å². The molecule has 0 unspecified atom stereocenters. The summed E-state index contributed by atoms with van der Waals surface area (Å²) in [4.78, 5) is 2.21. The molecule has 2 rings (SSSR count). The summed E-state index contributed by atoms with van der Waals surface area (Å²) in [5.74, 6) is 0.456. The monoisotopic (exact) mass is 252 g/mol. The zero-order valence-corrected chi connectivity index (χ0v) is 10.9. The first-order chi connectivity index (χ1) is 8.65. The van der Waals surface area contributed by atoms with Gasteiger partial charge in [0.15, 0.2) is 0 Å². The summed E-state index contributed by atoms with van der Waals surface area (Å²) < 4.78 is 18.5. The van der Waals surface area contributed by atoms with Crippen molar-refractivity contribution in [3.63, 3.8) is 0 Å². The van der Waals surface area contributed by atoms with Crippen LogP contribution in [0.15, 0.2) is 18.2 Å². The zero-order chi connectivity index (χ0) is 13.0. The van der Waals surface area contributed by atoms with E-state index in [4.69, 9.17) is 10.5 Å². The molecule has 1 fully saturated rings. The van der Waals surface area contributed by atoms with E-state index >= 15 is 0 Å². The van der Waals surface area contributed by atoms with Crippen molar-refractivity contribution in [3.8, 4) is 0 Å². The van der Waals surface area contributed by atoms with Crippen LogP contribution in [0.3, 0.4) is 0 Å². The Balaban J connectivity index is 1.89. The van der Waals surface area contributed by atoms with Crippen molar-refractivity contribution < 1.29 is 9.13 Å². The Morgan fingerprint density at radius 3 is 2.83 bits per heavy atom. The molecule has 3 nitrogen and oxygen atoms in total. The third kappa shape index (κ3) is 3.68. The number of benzene rings is 1. The number of nitrogens with two attached hydrogens (primary N) is 1. The van der Waals surface area contributed by atoms with Crippen LogP contribution in [0.5, 0.6) is 0 Å². The molecule has 1 aromatic carbocycles. The largest absolute Gasteiger partial charge is 0.398 e. The molecule has 1 aliphatic rings. The highest BCUT2D eigenvalue weighted by molar-refractivity contribution is 5.46. The van der Waals surface area contributed by atoms with Gasteiger partial charge >= 0.3 is 0 Å². The minimum atomic E-state index is -0.223. The van der Waals surface area contributed by atoms with Gasteiger partial charge in [0, 0.05) is 32.0 Å². The van der Waals surface area contributed by atoms with Crippen LogP contribution in [0, 0.1) is 11.7 Å². The molecular formula is C14H21FN2O. The SMILES string of the molecule is CN(Cc1cc(F)ccc1N)CC1CCOCC1. The fourth-order valence-corrected chi connectivity index (χ4v) is 2.44. The molecule has 1 saturated heterocycles. The Bertz CT molecular complexity index is 391. The average molecular weight is 252 g/mol. The van der Waals surface area contributed by atoms with Gasteiger partial charge in [-0.25, -0.2) is 4.39 Å². The number of nitrogen functional groups attached to an aromatic ring is 1. The van der Waals surface area contributed by atoms with Gasteiger partial charge in [-0.05, 0) is 49.6 Å². The van der Waals surface area contributed by atoms with Gasteiger partial charge < -0.3 is 15.4 Å². The van der Waals surface area contributed by atoms with Crippen LogP contribution < -0.4 is 5.73 Å². The summed E-state index contributed by atoms with van der Waals surface area (Å²) in [7, 11) is 2.06. The molecule has 2 N–H and O–H groups in total. The molecule has 18 heavy (non-hydrogen) atoms. The minimum absolute atomic E-state index is 0.223. The maximum atomic E-state index is 13.2. The van der Waals surface area contributed by atoms with Gasteiger partial charge in [0.05, 0.1) is 0 Å². The molecule has 0 atom stereocenters. The summed E-state index contributed by atoms with van der Waals surface area (Å²) in [5, 5.41) is 0. The molecule has 1 aromatic rings. The molecule has 0 spiro atoms. The van der Waals surface area contributed by atoms with E-state index in [1.54, 1.807) is 6.07 Å². The van der Waals surface area contributed by atoms with Crippen molar-refractivity contribution in [2.75, 3.05) is 32.5 Å². The van der Waals surface area contributed by atoms with E-state index in [2.05, 4.69) is 11.9 Å². The Hall–Kier alpha value is -1.13. The number of nitrogens with zero attached hydrogens (tertiary/aromatic N) is 1. The molecule has 1 aliphatic heterocycles. The number of hydrogen-bond acceptors (Lipinski definition) is 3. The molecular weight excluding hydrogens is 231 g/mol. The van der Waals surface area contributed by atoms with Gasteiger partial charge in [-0.1, -0.05) is 0 Å². The molecule has 4 heteroatoms. The topological polar surface area (TPSA) is 38.5 Å². The van der Waals surface area contributed by atoms with Crippen LogP contribution in [0.1, 0.15) is 18.4 Å². The van der Waals surface area contributed by atoms with Crippen molar-refractivity contribution >= 4 is 5.69 Å². The lowest BCUT2D eigenvalue weighted by atomic mass is 9.99. The summed E-state index contributed by atoms with van der Waals surface area (Å²) >= 11 is 0. The van der Waals surface area contributed by atoms with E-state index in [0.717, 1.165) is 38.2 Å². The number of ether oxygens (including phenoxy) is 1. The van der Waals surface area contributed by atoms with Gasteiger partial charge in [0.2, 0.25) is 0 Å². The maximum absolute atomic E-state index is 13.2. The summed E-state index contributed by atoms with van der Waals surface area (Å²) in [6, 6.07) is 4.56.